The smallest absolute Gasteiger partial charge is 0.256 e. The number of anilines is 1. The molecule has 4 heteroatoms. The molecular formula is C16H25N3O. The molecule has 1 aromatic carbocycles. The third-order valence-corrected chi connectivity index (χ3v) is 3.71. The Kier molecular flexibility index (Phi) is 5.01. The van der Waals surface area contributed by atoms with Crippen molar-refractivity contribution in [1.82, 2.24) is 9.80 Å². The fraction of sp³-hybridized carbons (Fsp3) is 0.562. The van der Waals surface area contributed by atoms with Gasteiger partial charge in [0, 0.05) is 37.9 Å². The van der Waals surface area contributed by atoms with Gasteiger partial charge < -0.3 is 15.1 Å². The van der Waals surface area contributed by atoms with Gasteiger partial charge in [0.1, 0.15) is 0 Å². The molecule has 0 radical (unpaired) electrons. The van der Waals surface area contributed by atoms with Gasteiger partial charge in [-0.2, -0.15) is 0 Å². The number of rotatable bonds is 4. The largest absolute Gasteiger partial charge is 0.382 e. The van der Waals surface area contributed by atoms with Gasteiger partial charge in [0.25, 0.3) is 5.91 Å². The number of likely N-dealkylation sites (N-methyl/N-ethyl adjacent to an activating group) is 1. The number of carbonyl (C=O) groups is 1. The molecule has 1 N–H and O–H groups in total. The monoisotopic (exact) mass is 275 g/mol. The van der Waals surface area contributed by atoms with Crippen LogP contribution in [0.5, 0.6) is 0 Å². The van der Waals surface area contributed by atoms with Gasteiger partial charge in [0.2, 0.25) is 0 Å². The predicted octanol–water partition coefficient (Wildman–Crippen LogP) is 2.28. The van der Waals surface area contributed by atoms with E-state index in [1.165, 1.54) is 0 Å². The van der Waals surface area contributed by atoms with Gasteiger partial charge in [-0.1, -0.05) is 19.1 Å². The number of para-hydroxylation sites is 1. The Morgan fingerprint density at radius 3 is 2.45 bits per heavy atom. The van der Waals surface area contributed by atoms with Gasteiger partial charge in [-0.05, 0) is 32.5 Å². The van der Waals surface area contributed by atoms with Crippen molar-refractivity contribution in [1.29, 1.82) is 0 Å². The molecule has 0 bridgehead atoms. The van der Waals surface area contributed by atoms with Crippen LogP contribution in [0.2, 0.25) is 0 Å². The van der Waals surface area contributed by atoms with Crippen molar-refractivity contribution >= 4 is 11.6 Å². The molecule has 0 aliphatic carbocycles. The molecule has 1 aliphatic rings. The maximum atomic E-state index is 12.7. The average molecular weight is 275 g/mol. The molecule has 4 nitrogen and oxygen atoms in total. The molecule has 1 heterocycles. The van der Waals surface area contributed by atoms with Crippen molar-refractivity contribution in [3.63, 3.8) is 0 Å². The summed E-state index contributed by atoms with van der Waals surface area (Å²) in [6.07, 6.45) is 0. The summed E-state index contributed by atoms with van der Waals surface area (Å²) >= 11 is 0. The van der Waals surface area contributed by atoms with E-state index in [0.29, 0.717) is 6.04 Å². The molecule has 1 saturated heterocycles. The van der Waals surface area contributed by atoms with E-state index in [9.17, 15) is 4.79 Å². The van der Waals surface area contributed by atoms with Crippen LogP contribution in [0.25, 0.3) is 0 Å². The van der Waals surface area contributed by atoms with Gasteiger partial charge in [-0.15, -0.1) is 0 Å². The Balaban J connectivity index is 2.09. The Labute approximate surface area is 121 Å². The summed E-state index contributed by atoms with van der Waals surface area (Å²) in [6.45, 7) is 11.0. The zero-order valence-electron chi connectivity index (χ0n) is 12.7. The lowest BCUT2D eigenvalue weighted by Crippen LogP contribution is -2.48. The van der Waals surface area contributed by atoms with E-state index in [-0.39, 0.29) is 5.91 Å². The van der Waals surface area contributed by atoms with Crippen LogP contribution in [0.15, 0.2) is 24.3 Å². The molecule has 2 rings (SSSR count). The first-order chi connectivity index (χ1) is 9.61. The number of carbonyl (C=O) groups excluding carboxylic acids is 1. The molecule has 0 unspecified atom stereocenters. The Bertz CT molecular complexity index is 451. The highest BCUT2D eigenvalue weighted by Crippen LogP contribution is 2.19. The minimum Gasteiger partial charge on any atom is -0.382 e. The van der Waals surface area contributed by atoms with Crippen LogP contribution in [-0.2, 0) is 0 Å². The molecule has 1 aliphatic heterocycles. The summed E-state index contributed by atoms with van der Waals surface area (Å²) in [4.78, 5) is 17.0. The number of hydrogen-bond acceptors (Lipinski definition) is 3. The zero-order chi connectivity index (χ0) is 14.5. The van der Waals surface area contributed by atoms with Crippen LogP contribution in [-0.4, -0.2) is 54.5 Å². The highest BCUT2D eigenvalue weighted by Gasteiger charge is 2.23. The highest BCUT2D eigenvalue weighted by atomic mass is 16.2. The van der Waals surface area contributed by atoms with E-state index >= 15 is 0 Å². The minimum atomic E-state index is 0.143. The third kappa shape index (κ3) is 3.51. The molecule has 0 atom stereocenters. The lowest BCUT2D eigenvalue weighted by molar-refractivity contribution is 0.0644. The molecule has 0 spiro atoms. The van der Waals surface area contributed by atoms with Crippen molar-refractivity contribution in [2.45, 2.75) is 26.8 Å². The van der Waals surface area contributed by atoms with Gasteiger partial charge in [-0.3, -0.25) is 4.79 Å². The zero-order valence-corrected chi connectivity index (χ0v) is 12.7. The number of nitrogens with zero attached hydrogens (tertiary/aromatic N) is 2. The van der Waals surface area contributed by atoms with Gasteiger partial charge >= 0.3 is 0 Å². The highest BCUT2D eigenvalue weighted by molar-refractivity contribution is 5.99. The van der Waals surface area contributed by atoms with Gasteiger partial charge in [0.05, 0.1) is 5.56 Å². The number of piperazine rings is 1. The third-order valence-electron chi connectivity index (χ3n) is 3.71. The second-order valence-electron chi connectivity index (χ2n) is 5.57. The summed E-state index contributed by atoms with van der Waals surface area (Å²) in [5.74, 6) is 0.143. The van der Waals surface area contributed by atoms with E-state index in [4.69, 9.17) is 0 Å². The fourth-order valence-electron chi connectivity index (χ4n) is 2.54. The predicted molar refractivity (Wildman–Crippen MR) is 83.2 cm³/mol. The summed E-state index contributed by atoms with van der Waals surface area (Å²) < 4.78 is 0. The number of nitrogens with one attached hydrogen (secondary N) is 1. The molecular weight excluding hydrogens is 250 g/mol. The molecule has 1 amide bonds. The van der Waals surface area contributed by atoms with Crippen molar-refractivity contribution in [3.05, 3.63) is 29.8 Å². The van der Waals surface area contributed by atoms with Crippen LogP contribution < -0.4 is 5.32 Å². The normalized spacial score (nSPS) is 16.5. The van der Waals surface area contributed by atoms with Gasteiger partial charge in [-0.25, -0.2) is 0 Å². The van der Waals surface area contributed by atoms with E-state index in [2.05, 4.69) is 31.0 Å². The first-order valence-electron chi connectivity index (χ1n) is 7.49. The van der Waals surface area contributed by atoms with E-state index in [0.717, 1.165) is 44.0 Å². The van der Waals surface area contributed by atoms with Crippen molar-refractivity contribution in [2.75, 3.05) is 38.0 Å². The number of amides is 1. The van der Waals surface area contributed by atoms with Crippen LogP contribution >= 0.6 is 0 Å². The minimum absolute atomic E-state index is 0.143. The summed E-state index contributed by atoms with van der Waals surface area (Å²) in [5, 5.41) is 3.36. The van der Waals surface area contributed by atoms with Crippen LogP contribution in [0.1, 0.15) is 31.1 Å². The molecule has 0 aromatic heterocycles. The lowest BCUT2D eigenvalue weighted by atomic mass is 10.1. The molecule has 0 saturated carbocycles. The first kappa shape index (κ1) is 14.9. The second-order valence-corrected chi connectivity index (χ2v) is 5.57. The summed E-state index contributed by atoms with van der Waals surface area (Å²) in [5.41, 5.74) is 1.72. The Morgan fingerprint density at radius 1 is 1.20 bits per heavy atom. The van der Waals surface area contributed by atoms with E-state index < -0.39 is 0 Å². The van der Waals surface area contributed by atoms with Crippen LogP contribution in [0.4, 0.5) is 5.69 Å². The second kappa shape index (κ2) is 6.75. The first-order valence-corrected chi connectivity index (χ1v) is 7.49. The van der Waals surface area contributed by atoms with E-state index in [1.54, 1.807) is 0 Å². The lowest BCUT2D eigenvalue weighted by Gasteiger charge is -2.34. The quantitative estimate of drug-likeness (QED) is 0.915. The fourth-order valence-corrected chi connectivity index (χ4v) is 2.54. The Morgan fingerprint density at radius 2 is 1.85 bits per heavy atom. The van der Waals surface area contributed by atoms with Crippen molar-refractivity contribution < 1.29 is 4.79 Å². The average Bonchev–Trinajstić information content (AvgIpc) is 2.46. The van der Waals surface area contributed by atoms with Crippen molar-refractivity contribution in [3.8, 4) is 0 Å². The van der Waals surface area contributed by atoms with Crippen LogP contribution in [0.3, 0.4) is 0 Å². The van der Waals surface area contributed by atoms with E-state index in [1.807, 2.05) is 29.2 Å². The maximum Gasteiger partial charge on any atom is 0.256 e. The Hall–Kier alpha value is -1.55. The molecule has 20 heavy (non-hydrogen) atoms. The topological polar surface area (TPSA) is 35.6 Å². The number of benzene rings is 1. The summed E-state index contributed by atoms with van der Waals surface area (Å²) in [6, 6.07) is 8.12. The standard InChI is InChI=1S/C16H25N3O/c1-4-18-9-11-19(12-10-18)16(20)14-7-5-6-8-15(14)17-13(2)3/h5-8,13,17H,4,9-12H2,1-3H3. The van der Waals surface area contributed by atoms with Crippen LogP contribution in [0, 0.1) is 0 Å². The number of hydrogen-bond donors (Lipinski definition) is 1. The molecule has 110 valence electrons. The SMILES string of the molecule is CCN1CCN(C(=O)c2ccccc2NC(C)C)CC1. The van der Waals surface area contributed by atoms with Gasteiger partial charge in [0.15, 0.2) is 0 Å². The molecule has 1 fully saturated rings. The summed E-state index contributed by atoms with van der Waals surface area (Å²) in [7, 11) is 0. The molecule has 1 aromatic rings. The van der Waals surface area contributed by atoms with Crippen molar-refractivity contribution in [2.24, 2.45) is 0 Å². The maximum absolute atomic E-state index is 12.7.